The highest BCUT2D eigenvalue weighted by Gasteiger charge is 2.46. The topological polar surface area (TPSA) is 60.9 Å². The first kappa shape index (κ1) is 15.8. The lowest BCUT2D eigenvalue weighted by Crippen LogP contribution is -2.54. The van der Waals surface area contributed by atoms with Crippen LogP contribution < -0.4 is 0 Å². The van der Waals surface area contributed by atoms with Crippen LogP contribution in [0.5, 0.6) is 0 Å². The Morgan fingerprint density at radius 1 is 1.43 bits per heavy atom. The van der Waals surface area contributed by atoms with Crippen molar-refractivity contribution in [1.82, 2.24) is 9.80 Å². The highest BCUT2D eigenvalue weighted by molar-refractivity contribution is 9.10. The number of carbonyl (C=O) groups is 2. The molecule has 1 N–H and O–H groups in total. The van der Waals surface area contributed by atoms with Crippen LogP contribution in [-0.4, -0.2) is 46.0 Å². The van der Waals surface area contributed by atoms with Gasteiger partial charge in [-0.25, -0.2) is 9.59 Å². The first-order valence-electron chi connectivity index (χ1n) is 6.86. The van der Waals surface area contributed by atoms with E-state index in [2.05, 4.69) is 15.9 Å². The summed E-state index contributed by atoms with van der Waals surface area (Å²) in [5, 5.41) is 9.39. The lowest BCUT2D eigenvalue weighted by Gasteiger charge is -2.34. The third-order valence-corrected chi connectivity index (χ3v) is 4.80. The van der Waals surface area contributed by atoms with Crippen LogP contribution in [-0.2, 0) is 11.3 Å². The van der Waals surface area contributed by atoms with Gasteiger partial charge < -0.3 is 14.9 Å². The molecular formula is C15H19BrN2O3. The van der Waals surface area contributed by atoms with Crippen molar-refractivity contribution in [3.05, 3.63) is 34.3 Å². The summed E-state index contributed by atoms with van der Waals surface area (Å²) in [4.78, 5) is 27.0. The highest BCUT2D eigenvalue weighted by Crippen LogP contribution is 2.30. The molecule has 1 saturated heterocycles. The third kappa shape index (κ3) is 3.05. The maximum atomic E-state index is 12.6. The lowest BCUT2D eigenvalue weighted by atomic mass is 10.00. The third-order valence-electron chi connectivity index (χ3n) is 4.02. The molecule has 0 spiro atoms. The first-order valence-corrected chi connectivity index (χ1v) is 7.65. The van der Waals surface area contributed by atoms with Crippen LogP contribution >= 0.6 is 15.9 Å². The zero-order valence-corrected chi connectivity index (χ0v) is 13.8. The SMILES string of the molecule is CN(Cc1ccccc1Br)C(=O)N1CCCC1(C)C(=O)O. The number of likely N-dealkylation sites (tertiary alicyclic amines) is 1. The molecule has 114 valence electrons. The van der Waals surface area contributed by atoms with Crippen LogP contribution in [0.25, 0.3) is 0 Å². The molecule has 0 radical (unpaired) electrons. The molecular weight excluding hydrogens is 336 g/mol. The molecule has 0 aromatic heterocycles. The number of benzene rings is 1. The molecule has 2 amide bonds. The molecule has 1 heterocycles. The van der Waals surface area contributed by atoms with E-state index in [1.165, 1.54) is 4.90 Å². The van der Waals surface area contributed by atoms with E-state index in [1.807, 2.05) is 24.3 Å². The Balaban J connectivity index is 2.13. The van der Waals surface area contributed by atoms with E-state index in [0.717, 1.165) is 16.5 Å². The molecule has 5 nitrogen and oxygen atoms in total. The summed E-state index contributed by atoms with van der Waals surface area (Å²) in [6.07, 6.45) is 1.22. The predicted octanol–water partition coefficient (Wildman–Crippen LogP) is 2.94. The molecule has 2 rings (SSSR count). The first-order chi connectivity index (χ1) is 9.86. The molecule has 1 fully saturated rings. The summed E-state index contributed by atoms with van der Waals surface area (Å²) in [7, 11) is 1.70. The second-order valence-corrected chi connectivity index (χ2v) is 6.42. The van der Waals surface area contributed by atoms with Crippen molar-refractivity contribution in [3.63, 3.8) is 0 Å². The molecule has 0 aliphatic carbocycles. The minimum absolute atomic E-state index is 0.242. The summed E-state index contributed by atoms with van der Waals surface area (Å²) in [6, 6.07) is 7.44. The normalized spacial score (nSPS) is 21.4. The average molecular weight is 355 g/mol. The smallest absolute Gasteiger partial charge is 0.329 e. The lowest BCUT2D eigenvalue weighted by molar-refractivity contribution is -0.147. The number of nitrogens with zero attached hydrogens (tertiary/aromatic N) is 2. The van der Waals surface area contributed by atoms with Crippen molar-refractivity contribution in [1.29, 1.82) is 0 Å². The number of amides is 2. The number of urea groups is 1. The summed E-state index contributed by atoms with van der Waals surface area (Å²) in [6.45, 7) is 2.54. The van der Waals surface area contributed by atoms with Crippen molar-refractivity contribution >= 4 is 27.9 Å². The molecule has 1 unspecified atom stereocenters. The van der Waals surface area contributed by atoms with Crippen molar-refractivity contribution in [2.45, 2.75) is 31.8 Å². The number of halogens is 1. The van der Waals surface area contributed by atoms with E-state index >= 15 is 0 Å². The fourth-order valence-corrected chi connectivity index (χ4v) is 3.06. The fourth-order valence-electron chi connectivity index (χ4n) is 2.65. The zero-order valence-electron chi connectivity index (χ0n) is 12.2. The van der Waals surface area contributed by atoms with Crippen molar-refractivity contribution in [3.8, 4) is 0 Å². The van der Waals surface area contributed by atoms with Gasteiger partial charge >= 0.3 is 12.0 Å². The largest absolute Gasteiger partial charge is 0.480 e. The van der Waals surface area contributed by atoms with Crippen LogP contribution in [0.4, 0.5) is 4.79 Å². The van der Waals surface area contributed by atoms with Crippen LogP contribution in [0, 0.1) is 0 Å². The van der Waals surface area contributed by atoms with Crippen molar-refractivity contribution in [2.75, 3.05) is 13.6 Å². The second kappa shape index (κ2) is 6.05. The maximum absolute atomic E-state index is 12.6. The second-order valence-electron chi connectivity index (χ2n) is 5.56. The Labute approximate surface area is 132 Å². The Kier molecular flexibility index (Phi) is 4.56. The minimum atomic E-state index is -1.10. The van der Waals surface area contributed by atoms with Gasteiger partial charge in [-0.15, -0.1) is 0 Å². The van der Waals surface area contributed by atoms with Gasteiger partial charge in [0.25, 0.3) is 0 Å². The van der Waals surface area contributed by atoms with E-state index in [4.69, 9.17) is 0 Å². The molecule has 1 aliphatic rings. The van der Waals surface area contributed by atoms with Crippen LogP contribution in [0.3, 0.4) is 0 Å². The Hall–Kier alpha value is -1.56. The van der Waals surface area contributed by atoms with Crippen LogP contribution in [0.2, 0.25) is 0 Å². The van der Waals surface area contributed by atoms with Crippen molar-refractivity contribution in [2.24, 2.45) is 0 Å². The van der Waals surface area contributed by atoms with Crippen LogP contribution in [0.15, 0.2) is 28.7 Å². The quantitative estimate of drug-likeness (QED) is 0.907. The number of carboxylic acid groups (broad SMARTS) is 1. The molecule has 0 saturated carbocycles. The zero-order chi connectivity index (χ0) is 15.6. The summed E-state index contributed by atoms with van der Waals surface area (Å²) < 4.78 is 0.937. The van der Waals surface area contributed by atoms with E-state index < -0.39 is 11.5 Å². The molecule has 0 bridgehead atoms. The van der Waals surface area contributed by atoms with Crippen LogP contribution in [0.1, 0.15) is 25.3 Å². The summed E-state index contributed by atoms with van der Waals surface area (Å²) in [5.74, 6) is -0.942. The minimum Gasteiger partial charge on any atom is -0.480 e. The highest BCUT2D eigenvalue weighted by atomic mass is 79.9. The molecule has 1 aliphatic heterocycles. The number of hydrogen-bond donors (Lipinski definition) is 1. The van der Waals surface area contributed by atoms with Gasteiger partial charge in [-0.2, -0.15) is 0 Å². The van der Waals surface area contributed by atoms with Gasteiger partial charge in [-0.3, -0.25) is 0 Å². The van der Waals surface area contributed by atoms with Gasteiger partial charge in [-0.1, -0.05) is 34.1 Å². The summed E-state index contributed by atoms with van der Waals surface area (Å²) >= 11 is 3.46. The average Bonchev–Trinajstić information content (AvgIpc) is 2.84. The molecule has 6 heteroatoms. The number of carboxylic acids is 1. The van der Waals surface area contributed by atoms with Crippen molar-refractivity contribution < 1.29 is 14.7 Å². The summed E-state index contributed by atoms with van der Waals surface area (Å²) in [5.41, 5.74) is -0.108. The molecule has 1 aromatic carbocycles. The van der Waals surface area contributed by atoms with Gasteiger partial charge in [0.05, 0.1) is 0 Å². The Morgan fingerprint density at radius 3 is 2.71 bits per heavy atom. The van der Waals surface area contributed by atoms with E-state index in [0.29, 0.717) is 19.5 Å². The standard InChI is InChI=1S/C15H19BrN2O3/c1-15(13(19)20)8-5-9-18(15)14(21)17(2)10-11-6-3-4-7-12(11)16/h3-4,6-7H,5,8-10H2,1-2H3,(H,19,20). The van der Waals surface area contributed by atoms with Gasteiger partial charge in [0.1, 0.15) is 5.54 Å². The Bertz CT molecular complexity index is 564. The van der Waals surface area contributed by atoms with Gasteiger partial charge in [0.15, 0.2) is 0 Å². The van der Waals surface area contributed by atoms with Gasteiger partial charge in [-0.05, 0) is 31.4 Å². The van der Waals surface area contributed by atoms with E-state index in [-0.39, 0.29) is 6.03 Å². The van der Waals surface area contributed by atoms with E-state index in [9.17, 15) is 14.7 Å². The number of rotatable bonds is 3. The predicted molar refractivity (Wildman–Crippen MR) is 83.0 cm³/mol. The van der Waals surface area contributed by atoms with Gasteiger partial charge in [0, 0.05) is 24.6 Å². The maximum Gasteiger partial charge on any atom is 0.329 e. The Morgan fingerprint density at radius 2 is 2.10 bits per heavy atom. The fraction of sp³-hybridized carbons (Fsp3) is 0.467. The number of hydrogen-bond acceptors (Lipinski definition) is 2. The molecule has 21 heavy (non-hydrogen) atoms. The van der Waals surface area contributed by atoms with Gasteiger partial charge in [0.2, 0.25) is 0 Å². The van der Waals surface area contributed by atoms with E-state index in [1.54, 1.807) is 18.9 Å². The molecule has 1 atom stereocenters. The molecule has 1 aromatic rings. The number of aliphatic carboxylic acids is 1. The monoisotopic (exact) mass is 354 g/mol. The number of carbonyl (C=O) groups excluding carboxylic acids is 1.